The van der Waals surface area contributed by atoms with Gasteiger partial charge in [-0.2, -0.15) is 0 Å². The first-order valence-corrected chi connectivity index (χ1v) is 11.4. The van der Waals surface area contributed by atoms with E-state index >= 15 is 0 Å². The van der Waals surface area contributed by atoms with E-state index < -0.39 is 27.2 Å². The highest BCUT2D eigenvalue weighted by Crippen LogP contribution is 2.22. The van der Waals surface area contributed by atoms with Crippen molar-refractivity contribution in [2.75, 3.05) is 10.0 Å². The number of hydrogen-bond donors (Lipinski definition) is 3. The number of aryl methyl sites for hydroxylation is 1. The van der Waals surface area contributed by atoms with Crippen LogP contribution in [0.25, 0.3) is 0 Å². The molecule has 3 N–H and O–H groups in total. The topological polar surface area (TPSA) is 169 Å². The number of nitrogens with one attached hydrogen (secondary N) is 3. The van der Waals surface area contributed by atoms with Crippen molar-refractivity contribution in [1.82, 2.24) is 14.7 Å². The Hall–Kier alpha value is -4.39. The molecule has 0 saturated carbocycles. The summed E-state index contributed by atoms with van der Waals surface area (Å²) in [6.07, 6.45) is 2.42. The summed E-state index contributed by atoms with van der Waals surface area (Å²) in [5.41, 5.74) is -0.456. The van der Waals surface area contributed by atoms with E-state index in [0.29, 0.717) is 17.0 Å². The summed E-state index contributed by atoms with van der Waals surface area (Å²) in [4.78, 5) is 39.6. The Morgan fingerprint density at radius 2 is 1.88 bits per heavy atom. The summed E-state index contributed by atoms with van der Waals surface area (Å²) >= 11 is 0. The molecule has 3 aromatic heterocycles. The first kappa shape index (κ1) is 22.8. The number of furan rings is 1. The first-order chi connectivity index (χ1) is 16.2. The number of hydrogen-bond acceptors (Lipinski definition) is 8. The number of aromatic nitrogens is 3. The maximum Gasteiger partial charge on any atom is 0.328 e. The zero-order valence-electron chi connectivity index (χ0n) is 18.0. The van der Waals surface area contributed by atoms with Crippen LogP contribution in [-0.2, 0) is 16.6 Å². The van der Waals surface area contributed by atoms with Crippen LogP contribution in [0.3, 0.4) is 0 Å². The van der Waals surface area contributed by atoms with Gasteiger partial charge in [-0.3, -0.25) is 14.2 Å². The van der Waals surface area contributed by atoms with Crippen molar-refractivity contribution in [3.8, 4) is 0 Å². The summed E-state index contributed by atoms with van der Waals surface area (Å²) in [5, 5.41) is 6.21. The van der Waals surface area contributed by atoms with Crippen molar-refractivity contribution >= 4 is 27.5 Å². The molecule has 4 rings (SSSR count). The predicted octanol–water partition coefficient (Wildman–Crippen LogP) is 1.84. The van der Waals surface area contributed by atoms with Crippen LogP contribution in [0.2, 0.25) is 0 Å². The van der Waals surface area contributed by atoms with Crippen LogP contribution in [0.15, 0.2) is 72.3 Å². The van der Waals surface area contributed by atoms with Gasteiger partial charge in [-0.15, -0.1) is 0 Å². The number of nitrogens with zero attached hydrogens (tertiary/aromatic N) is 2. The fourth-order valence-electron chi connectivity index (χ4n) is 2.98. The van der Waals surface area contributed by atoms with E-state index in [-0.39, 0.29) is 28.6 Å². The molecule has 176 valence electrons. The third-order valence-electron chi connectivity index (χ3n) is 5.01. The van der Waals surface area contributed by atoms with Crippen LogP contribution in [0.1, 0.15) is 27.4 Å². The average Bonchev–Trinajstić information content (AvgIpc) is 3.42. The molecule has 0 aliphatic carbocycles. The molecule has 4 aromatic rings. The number of sulfonamides is 1. The second-order valence-electron chi connectivity index (χ2n) is 7.28. The Bertz CT molecular complexity index is 1560. The third-order valence-corrected chi connectivity index (χ3v) is 6.35. The molecule has 0 aliphatic rings. The van der Waals surface area contributed by atoms with Crippen LogP contribution in [0.5, 0.6) is 0 Å². The Morgan fingerprint density at radius 3 is 2.50 bits per heavy atom. The number of aromatic amines is 1. The van der Waals surface area contributed by atoms with Crippen molar-refractivity contribution < 1.29 is 22.2 Å². The molecule has 0 radical (unpaired) electrons. The summed E-state index contributed by atoms with van der Waals surface area (Å²) < 4.78 is 38.5. The molecule has 1 aromatic carbocycles. The number of H-pyrrole nitrogens is 1. The molecule has 0 unspecified atom stereocenters. The molecule has 12 nitrogen and oxygen atoms in total. The van der Waals surface area contributed by atoms with Crippen molar-refractivity contribution in [3.05, 3.63) is 92.3 Å². The van der Waals surface area contributed by atoms with E-state index in [1.54, 1.807) is 26.0 Å². The van der Waals surface area contributed by atoms with Crippen LogP contribution >= 0.6 is 0 Å². The van der Waals surface area contributed by atoms with Gasteiger partial charge < -0.3 is 19.2 Å². The molecule has 0 aliphatic heterocycles. The lowest BCUT2D eigenvalue weighted by molar-refractivity contribution is 0.102. The molecule has 13 heteroatoms. The summed E-state index contributed by atoms with van der Waals surface area (Å²) in [6, 6.07) is 8.47. The fraction of sp³-hybridized carbons (Fsp3) is 0.143. The number of amides is 1. The van der Waals surface area contributed by atoms with E-state index in [1.165, 1.54) is 30.5 Å². The van der Waals surface area contributed by atoms with Crippen LogP contribution in [0, 0.1) is 13.8 Å². The maximum atomic E-state index is 12.7. The first-order valence-electron chi connectivity index (χ1n) is 9.88. The average molecular weight is 485 g/mol. The van der Waals surface area contributed by atoms with E-state index in [4.69, 9.17) is 8.94 Å². The molecule has 34 heavy (non-hydrogen) atoms. The largest absolute Gasteiger partial charge is 0.467 e. The van der Waals surface area contributed by atoms with Gasteiger partial charge in [0, 0.05) is 17.4 Å². The van der Waals surface area contributed by atoms with Gasteiger partial charge in [0.15, 0.2) is 0 Å². The minimum Gasteiger partial charge on any atom is -0.467 e. The van der Waals surface area contributed by atoms with Crippen LogP contribution in [-0.4, -0.2) is 29.0 Å². The standard InChI is InChI=1S/C21H19N5O7S/c1-12-13(2)24-33-19(12)25-34(30,31)16-7-5-14(6-8-16)23-18(27)17-10-22-21(29)26(20(17)28)11-15-4-3-9-32-15/h3-10,25H,11H2,1-2H3,(H,22,29)(H,23,27). The number of rotatable bonds is 7. The highest BCUT2D eigenvalue weighted by atomic mass is 32.2. The van der Waals surface area contributed by atoms with Gasteiger partial charge in [0.05, 0.1) is 23.4 Å². The summed E-state index contributed by atoms with van der Waals surface area (Å²) in [7, 11) is -3.96. The maximum absolute atomic E-state index is 12.7. The van der Waals surface area contributed by atoms with Crippen LogP contribution in [0.4, 0.5) is 11.6 Å². The highest BCUT2D eigenvalue weighted by Gasteiger charge is 2.20. The zero-order valence-corrected chi connectivity index (χ0v) is 18.8. The highest BCUT2D eigenvalue weighted by molar-refractivity contribution is 7.92. The monoisotopic (exact) mass is 485 g/mol. The van der Waals surface area contributed by atoms with Gasteiger partial charge in [-0.1, -0.05) is 5.16 Å². The lowest BCUT2D eigenvalue weighted by Gasteiger charge is -2.09. The predicted molar refractivity (Wildman–Crippen MR) is 120 cm³/mol. The molecular formula is C21H19N5O7S. The minimum atomic E-state index is -3.96. The number of anilines is 2. The Kier molecular flexibility index (Phi) is 5.94. The lowest BCUT2D eigenvalue weighted by atomic mass is 10.2. The van der Waals surface area contributed by atoms with Crippen LogP contribution < -0.4 is 21.3 Å². The molecule has 1 amide bonds. The Morgan fingerprint density at radius 1 is 1.15 bits per heavy atom. The van der Waals surface area contributed by atoms with Crippen molar-refractivity contribution in [2.24, 2.45) is 0 Å². The van der Waals surface area contributed by atoms with Gasteiger partial charge in [0.25, 0.3) is 21.5 Å². The van der Waals surface area contributed by atoms with Gasteiger partial charge in [-0.05, 0) is 50.2 Å². The summed E-state index contributed by atoms with van der Waals surface area (Å²) in [5.74, 6) is -0.402. The molecule has 0 spiro atoms. The van der Waals surface area contributed by atoms with Gasteiger partial charge in [0.1, 0.15) is 11.3 Å². The molecule has 0 fully saturated rings. The molecule has 3 heterocycles. The molecule has 0 bridgehead atoms. The van der Waals surface area contributed by atoms with E-state index in [0.717, 1.165) is 10.8 Å². The van der Waals surface area contributed by atoms with E-state index in [2.05, 4.69) is 20.2 Å². The van der Waals surface area contributed by atoms with Crippen molar-refractivity contribution in [2.45, 2.75) is 25.3 Å². The summed E-state index contributed by atoms with van der Waals surface area (Å²) in [6.45, 7) is 3.20. The Balaban J connectivity index is 1.51. The fourth-order valence-corrected chi connectivity index (χ4v) is 4.03. The van der Waals surface area contributed by atoms with E-state index in [9.17, 15) is 22.8 Å². The van der Waals surface area contributed by atoms with Crippen molar-refractivity contribution in [3.63, 3.8) is 0 Å². The smallest absolute Gasteiger partial charge is 0.328 e. The van der Waals surface area contributed by atoms with E-state index in [1.807, 2.05) is 0 Å². The van der Waals surface area contributed by atoms with Crippen molar-refractivity contribution in [1.29, 1.82) is 0 Å². The molecule has 0 atom stereocenters. The number of carbonyl (C=O) groups is 1. The molecular weight excluding hydrogens is 466 g/mol. The second kappa shape index (κ2) is 8.86. The normalized spacial score (nSPS) is 11.4. The third kappa shape index (κ3) is 4.54. The lowest BCUT2D eigenvalue weighted by Crippen LogP contribution is -2.39. The molecule has 0 saturated heterocycles. The second-order valence-corrected chi connectivity index (χ2v) is 8.97. The minimum absolute atomic E-state index is 0.0128. The zero-order chi connectivity index (χ0) is 24.5. The quantitative estimate of drug-likeness (QED) is 0.356. The van der Waals surface area contributed by atoms with Gasteiger partial charge >= 0.3 is 5.69 Å². The Labute approximate surface area is 192 Å². The van der Waals surface area contributed by atoms with Gasteiger partial charge in [0.2, 0.25) is 5.88 Å². The number of carbonyl (C=O) groups excluding carboxylic acids is 1. The van der Waals surface area contributed by atoms with Gasteiger partial charge in [-0.25, -0.2) is 17.9 Å². The number of benzene rings is 1. The SMILES string of the molecule is Cc1noc(NS(=O)(=O)c2ccc(NC(=O)c3c[nH]c(=O)n(Cc4ccco4)c3=O)cc2)c1C.